The summed E-state index contributed by atoms with van der Waals surface area (Å²) in [5.74, 6) is -0.484. The highest BCUT2D eigenvalue weighted by Crippen LogP contribution is 2.24. The van der Waals surface area contributed by atoms with Gasteiger partial charge in [0.15, 0.2) is 0 Å². The third-order valence-corrected chi connectivity index (χ3v) is 4.25. The molecule has 2 rings (SSSR count). The number of nitrogens with one attached hydrogen (secondary N) is 1. The molecule has 0 heterocycles. The van der Waals surface area contributed by atoms with Crippen LogP contribution < -0.4 is 10.1 Å². The van der Waals surface area contributed by atoms with Gasteiger partial charge in [-0.1, -0.05) is 11.6 Å². The van der Waals surface area contributed by atoms with E-state index in [2.05, 4.69) is 5.32 Å². The molecular weight excluding hydrogens is 306 g/mol. The molecule has 1 amide bonds. The highest BCUT2D eigenvalue weighted by molar-refractivity contribution is 5.94. The first-order valence-electron chi connectivity index (χ1n) is 8.35. The minimum absolute atomic E-state index is 0.0448. The number of carbonyl (C=O) groups is 2. The zero-order valence-corrected chi connectivity index (χ0v) is 14.2. The minimum Gasteiger partial charge on any atom is -0.490 e. The summed E-state index contributed by atoms with van der Waals surface area (Å²) in [6, 6.07) is 7.16. The van der Waals surface area contributed by atoms with Gasteiger partial charge in [0.05, 0.1) is 5.92 Å². The Kier molecular flexibility index (Phi) is 6.41. The Morgan fingerprint density at radius 1 is 1.25 bits per heavy atom. The summed E-state index contributed by atoms with van der Waals surface area (Å²) in [6.07, 6.45) is 4.63. The van der Waals surface area contributed by atoms with Crippen LogP contribution in [0.3, 0.4) is 0 Å². The second kappa shape index (κ2) is 8.52. The molecule has 0 radical (unpaired) electrons. The molecule has 2 N–H and O–H groups in total. The molecule has 0 unspecified atom stereocenters. The summed E-state index contributed by atoms with van der Waals surface area (Å²) < 4.78 is 5.62. The van der Waals surface area contributed by atoms with Crippen molar-refractivity contribution in [3.63, 3.8) is 0 Å². The average molecular weight is 331 g/mol. The molecule has 0 bridgehead atoms. The van der Waals surface area contributed by atoms with E-state index in [0.29, 0.717) is 43.6 Å². The van der Waals surface area contributed by atoms with Gasteiger partial charge in [-0.15, -0.1) is 0 Å². The highest BCUT2D eigenvalue weighted by Gasteiger charge is 2.26. The molecular formula is C19H25NO4. The van der Waals surface area contributed by atoms with Crippen molar-refractivity contribution in [2.45, 2.75) is 45.6 Å². The monoisotopic (exact) mass is 331 g/mol. The molecule has 130 valence electrons. The largest absolute Gasteiger partial charge is 0.490 e. The van der Waals surface area contributed by atoms with Gasteiger partial charge < -0.3 is 15.2 Å². The van der Waals surface area contributed by atoms with Gasteiger partial charge in [0.1, 0.15) is 12.4 Å². The van der Waals surface area contributed by atoms with E-state index in [1.807, 2.05) is 26.0 Å². The fraction of sp³-hybridized carbons (Fsp3) is 0.474. The molecule has 1 aliphatic carbocycles. The van der Waals surface area contributed by atoms with Crippen molar-refractivity contribution in [3.05, 3.63) is 41.5 Å². The zero-order valence-electron chi connectivity index (χ0n) is 14.2. The number of ether oxygens (including phenoxy) is 1. The van der Waals surface area contributed by atoms with Crippen LogP contribution in [0.15, 0.2) is 35.9 Å². The molecule has 5 nitrogen and oxygen atoms in total. The maximum absolute atomic E-state index is 12.4. The van der Waals surface area contributed by atoms with Crippen LogP contribution >= 0.6 is 0 Å². The van der Waals surface area contributed by atoms with E-state index in [0.717, 1.165) is 0 Å². The number of rotatable bonds is 6. The van der Waals surface area contributed by atoms with Crippen molar-refractivity contribution in [3.8, 4) is 5.75 Å². The van der Waals surface area contributed by atoms with E-state index in [1.165, 1.54) is 5.57 Å². The van der Waals surface area contributed by atoms with E-state index in [1.54, 1.807) is 18.2 Å². The second-order valence-electron chi connectivity index (χ2n) is 6.48. The summed E-state index contributed by atoms with van der Waals surface area (Å²) >= 11 is 0. The third-order valence-electron chi connectivity index (χ3n) is 4.25. The minimum atomic E-state index is -0.735. The van der Waals surface area contributed by atoms with Crippen LogP contribution in [0.4, 0.5) is 0 Å². The first-order chi connectivity index (χ1) is 11.5. The van der Waals surface area contributed by atoms with E-state index < -0.39 is 5.97 Å². The van der Waals surface area contributed by atoms with Crippen LogP contribution in [-0.4, -0.2) is 29.6 Å². The van der Waals surface area contributed by atoms with Crippen LogP contribution in [0.5, 0.6) is 5.75 Å². The topological polar surface area (TPSA) is 75.6 Å². The summed E-state index contributed by atoms with van der Waals surface area (Å²) in [6.45, 7) is 4.49. The van der Waals surface area contributed by atoms with E-state index in [4.69, 9.17) is 9.84 Å². The molecule has 0 saturated heterocycles. The first-order valence-corrected chi connectivity index (χ1v) is 8.35. The number of carboxylic acid groups (broad SMARTS) is 1. The molecule has 24 heavy (non-hydrogen) atoms. The molecule has 1 aromatic carbocycles. The highest BCUT2D eigenvalue weighted by atomic mass is 16.5. The summed E-state index contributed by atoms with van der Waals surface area (Å²) in [4.78, 5) is 23.3. The van der Waals surface area contributed by atoms with Gasteiger partial charge in [-0.2, -0.15) is 0 Å². The molecule has 1 fully saturated rings. The average Bonchev–Trinajstić information content (AvgIpc) is 2.55. The van der Waals surface area contributed by atoms with Crippen LogP contribution in [0.2, 0.25) is 0 Å². The molecule has 5 heteroatoms. The van der Waals surface area contributed by atoms with Gasteiger partial charge in [0.2, 0.25) is 0 Å². The summed E-state index contributed by atoms with van der Waals surface area (Å²) in [5, 5.41) is 12.0. The van der Waals surface area contributed by atoms with Crippen molar-refractivity contribution in [1.29, 1.82) is 0 Å². The van der Waals surface area contributed by atoms with Gasteiger partial charge in [-0.25, -0.2) is 0 Å². The van der Waals surface area contributed by atoms with Gasteiger partial charge in [-0.05, 0) is 63.8 Å². The molecule has 0 aromatic heterocycles. The normalized spacial score (nSPS) is 20.1. The number of aliphatic carboxylic acids is 1. The lowest BCUT2D eigenvalue weighted by Crippen LogP contribution is -2.38. The van der Waals surface area contributed by atoms with Crippen LogP contribution in [0.25, 0.3) is 0 Å². The van der Waals surface area contributed by atoms with Gasteiger partial charge in [0.25, 0.3) is 5.91 Å². The number of allylic oxidation sites excluding steroid dienone is 1. The van der Waals surface area contributed by atoms with Crippen molar-refractivity contribution in [2.75, 3.05) is 6.61 Å². The number of benzene rings is 1. The fourth-order valence-corrected chi connectivity index (χ4v) is 2.79. The fourth-order valence-electron chi connectivity index (χ4n) is 2.79. The number of carbonyl (C=O) groups excluding carboxylic acids is 1. The smallest absolute Gasteiger partial charge is 0.306 e. The van der Waals surface area contributed by atoms with Crippen LogP contribution in [0, 0.1) is 5.92 Å². The lowest BCUT2D eigenvalue weighted by molar-refractivity contribution is -0.142. The first kappa shape index (κ1) is 18.0. The molecule has 1 aromatic rings. The summed E-state index contributed by atoms with van der Waals surface area (Å²) in [7, 11) is 0. The molecule has 1 saturated carbocycles. The van der Waals surface area contributed by atoms with E-state index >= 15 is 0 Å². The maximum Gasteiger partial charge on any atom is 0.306 e. The van der Waals surface area contributed by atoms with E-state index in [9.17, 15) is 9.59 Å². The van der Waals surface area contributed by atoms with Gasteiger partial charge in [-0.3, -0.25) is 9.59 Å². The Morgan fingerprint density at radius 2 is 1.96 bits per heavy atom. The Hall–Kier alpha value is -2.30. The summed E-state index contributed by atoms with van der Waals surface area (Å²) in [5.41, 5.74) is 1.74. The molecule has 0 aliphatic heterocycles. The Balaban J connectivity index is 1.88. The van der Waals surface area contributed by atoms with Gasteiger partial charge in [0, 0.05) is 11.6 Å². The second-order valence-corrected chi connectivity index (χ2v) is 6.48. The number of hydrogen-bond acceptors (Lipinski definition) is 3. The van der Waals surface area contributed by atoms with Crippen molar-refractivity contribution >= 4 is 11.9 Å². The van der Waals surface area contributed by atoms with Crippen LogP contribution in [-0.2, 0) is 4.79 Å². The lowest BCUT2D eigenvalue weighted by atomic mass is 9.86. The number of carboxylic acids is 1. The number of hydrogen-bond donors (Lipinski definition) is 2. The lowest BCUT2D eigenvalue weighted by Gasteiger charge is -2.26. The SMILES string of the molecule is CC(C)=CCOc1cccc(C(=O)NC2CCC(C(=O)O)CC2)c1. The predicted molar refractivity (Wildman–Crippen MR) is 92.2 cm³/mol. The third kappa shape index (κ3) is 5.41. The molecule has 1 aliphatic rings. The van der Waals surface area contributed by atoms with Crippen LogP contribution in [0.1, 0.15) is 49.9 Å². The van der Waals surface area contributed by atoms with Gasteiger partial charge >= 0.3 is 5.97 Å². The number of amides is 1. The predicted octanol–water partition coefficient (Wildman–Crippen LogP) is 3.40. The quantitative estimate of drug-likeness (QED) is 0.783. The van der Waals surface area contributed by atoms with Crippen molar-refractivity contribution in [2.24, 2.45) is 5.92 Å². The van der Waals surface area contributed by atoms with E-state index in [-0.39, 0.29) is 17.9 Å². The Morgan fingerprint density at radius 3 is 2.58 bits per heavy atom. The molecule has 0 atom stereocenters. The van der Waals surface area contributed by atoms with Crippen molar-refractivity contribution in [1.82, 2.24) is 5.32 Å². The standard InChI is InChI=1S/C19H25NO4/c1-13(2)10-11-24-17-5-3-4-15(12-17)18(21)20-16-8-6-14(7-9-16)19(22)23/h3-5,10,12,14,16H,6-9,11H2,1-2H3,(H,20,21)(H,22,23). The molecule has 0 spiro atoms. The maximum atomic E-state index is 12.4. The Labute approximate surface area is 142 Å². The Bertz CT molecular complexity index is 612. The zero-order chi connectivity index (χ0) is 17.5. The van der Waals surface area contributed by atoms with Crippen molar-refractivity contribution < 1.29 is 19.4 Å².